The second-order valence-electron chi connectivity index (χ2n) is 3.47. The SMILES string of the molecule is Nc1ccc(S(=O)(=O)Nc2ccon2)c([N+](=O)[O-])c1. The number of nitro groups is 1. The van der Waals surface area contributed by atoms with E-state index in [4.69, 9.17) is 5.73 Å². The molecule has 0 saturated heterocycles. The van der Waals surface area contributed by atoms with Crippen molar-refractivity contribution in [1.82, 2.24) is 5.16 Å². The summed E-state index contributed by atoms with van der Waals surface area (Å²) in [4.78, 5) is 9.52. The summed E-state index contributed by atoms with van der Waals surface area (Å²) in [5.41, 5.74) is 4.87. The molecular weight excluding hydrogens is 276 g/mol. The normalized spacial score (nSPS) is 11.2. The predicted molar refractivity (Wildman–Crippen MR) is 64.8 cm³/mol. The Bertz CT molecular complexity index is 710. The second kappa shape index (κ2) is 4.57. The molecule has 0 aliphatic heterocycles. The van der Waals surface area contributed by atoms with Crippen LogP contribution in [0.25, 0.3) is 0 Å². The number of nitrogens with zero attached hydrogens (tertiary/aromatic N) is 2. The van der Waals surface area contributed by atoms with Crippen LogP contribution in [0, 0.1) is 10.1 Å². The van der Waals surface area contributed by atoms with Gasteiger partial charge in [-0.05, 0) is 12.1 Å². The Hall–Kier alpha value is -2.62. The third-order valence-electron chi connectivity index (χ3n) is 2.15. The molecule has 0 radical (unpaired) electrons. The highest BCUT2D eigenvalue weighted by molar-refractivity contribution is 7.92. The number of nitrogens with two attached hydrogens (primary N) is 1. The Morgan fingerprint density at radius 1 is 1.37 bits per heavy atom. The zero-order valence-electron chi connectivity index (χ0n) is 9.31. The van der Waals surface area contributed by atoms with E-state index in [1.54, 1.807) is 0 Å². The Morgan fingerprint density at radius 2 is 2.11 bits per heavy atom. The highest BCUT2D eigenvalue weighted by Gasteiger charge is 2.26. The molecule has 0 amide bonds. The van der Waals surface area contributed by atoms with Crippen molar-refractivity contribution in [3.05, 3.63) is 40.6 Å². The van der Waals surface area contributed by atoms with Crippen LogP contribution in [0.2, 0.25) is 0 Å². The lowest BCUT2D eigenvalue weighted by Crippen LogP contribution is -2.15. The number of benzene rings is 1. The van der Waals surface area contributed by atoms with Crippen LogP contribution in [0.1, 0.15) is 0 Å². The zero-order chi connectivity index (χ0) is 14.0. The van der Waals surface area contributed by atoms with Crippen molar-refractivity contribution in [2.45, 2.75) is 4.90 Å². The average Bonchev–Trinajstić information content (AvgIpc) is 2.80. The van der Waals surface area contributed by atoms with Gasteiger partial charge in [0.25, 0.3) is 15.7 Å². The average molecular weight is 284 g/mol. The Balaban J connectivity index is 2.49. The molecular formula is C9H8N4O5S. The summed E-state index contributed by atoms with van der Waals surface area (Å²) in [7, 11) is -4.15. The van der Waals surface area contributed by atoms with Gasteiger partial charge in [-0.25, -0.2) is 8.42 Å². The number of anilines is 2. The highest BCUT2D eigenvalue weighted by atomic mass is 32.2. The molecule has 1 aromatic carbocycles. The van der Waals surface area contributed by atoms with Gasteiger partial charge in [-0.2, -0.15) is 0 Å². The van der Waals surface area contributed by atoms with Gasteiger partial charge in [0, 0.05) is 17.8 Å². The standard InChI is InChI=1S/C9H8N4O5S/c10-6-1-2-8(7(5-6)13(14)15)19(16,17)12-9-3-4-18-11-9/h1-5H,10H2,(H,11,12). The molecule has 0 aliphatic rings. The van der Waals surface area contributed by atoms with Crippen LogP contribution >= 0.6 is 0 Å². The van der Waals surface area contributed by atoms with Crippen molar-refractivity contribution < 1.29 is 17.9 Å². The van der Waals surface area contributed by atoms with Gasteiger partial charge in [-0.1, -0.05) is 5.16 Å². The van der Waals surface area contributed by atoms with Gasteiger partial charge in [0.1, 0.15) is 6.26 Å². The number of rotatable bonds is 4. The smallest absolute Gasteiger partial charge is 0.291 e. The lowest BCUT2D eigenvalue weighted by atomic mass is 10.3. The Kier molecular flexibility index (Phi) is 3.09. The second-order valence-corrected chi connectivity index (χ2v) is 5.13. The third-order valence-corrected chi connectivity index (χ3v) is 3.55. The van der Waals surface area contributed by atoms with E-state index >= 15 is 0 Å². The maximum atomic E-state index is 12.0. The molecule has 2 rings (SSSR count). The number of aromatic nitrogens is 1. The van der Waals surface area contributed by atoms with Crippen LogP contribution in [-0.4, -0.2) is 18.5 Å². The first kappa shape index (κ1) is 12.8. The maximum Gasteiger partial charge on any atom is 0.291 e. The van der Waals surface area contributed by atoms with E-state index in [0.717, 1.165) is 18.4 Å². The topological polar surface area (TPSA) is 141 Å². The van der Waals surface area contributed by atoms with Gasteiger partial charge < -0.3 is 10.3 Å². The van der Waals surface area contributed by atoms with Crippen LogP contribution < -0.4 is 10.5 Å². The van der Waals surface area contributed by atoms with E-state index in [0.29, 0.717) is 0 Å². The first-order valence-electron chi connectivity index (χ1n) is 4.87. The van der Waals surface area contributed by atoms with Crippen molar-refractivity contribution in [1.29, 1.82) is 0 Å². The zero-order valence-corrected chi connectivity index (χ0v) is 10.1. The van der Waals surface area contributed by atoms with E-state index in [2.05, 4.69) is 14.4 Å². The van der Waals surface area contributed by atoms with Gasteiger partial charge in [-0.3, -0.25) is 14.8 Å². The van der Waals surface area contributed by atoms with Gasteiger partial charge in [0.15, 0.2) is 10.7 Å². The van der Waals surface area contributed by atoms with E-state index in [1.165, 1.54) is 12.1 Å². The predicted octanol–water partition coefficient (Wildman–Crippen LogP) is 0.966. The molecule has 0 atom stereocenters. The van der Waals surface area contributed by atoms with E-state index in [1.807, 2.05) is 0 Å². The fourth-order valence-corrected chi connectivity index (χ4v) is 2.51. The number of sulfonamides is 1. The number of nitrogens with one attached hydrogen (secondary N) is 1. The van der Waals surface area contributed by atoms with Crippen molar-refractivity contribution >= 4 is 27.2 Å². The summed E-state index contributed by atoms with van der Waals surface area (Å²) in [6, 6.07) is 4.54. The number of hydrogen-bond donors (Lipinski definition) is 2. The van der Waals surface area contributed by atoms with Gasteiger partial charge >= 0.3 is 0 Å². The fourth-order valence-electron chi connectivity index (χ4n) is 1.36. The van der Waals surface area contributed by atoms with Crippen molar-refractivity contribution in [3.63, 3.8) is 0 Å². The lowest BCUT2D eigenvalue weighted by Gasteiger charge is -2.06. The summed E-state index contributed by atoms with van der Waals surface area (Å²) in [5, 5.41) is 14.2. The Morgan fingerprint density at radius 3 is 2.68 bits per heavy atom. The molecule has 3 N–H and O–H groups in total. The maximum absolute atomic E-state index is 12.0. The minimum absolute atomic E-state index is 0.0777. The van der Waals surface area contributed by atoms with E-state index < -0.39 is 25.5 Å². The molecule has 9 nitrogen and oxygen atoms in total. The van der Waals surface area contributed by atoms with Crippen LogP contribution in [0.15, 0.2) is 39.9 Å². The van der Waals surface area contributed by atoms with Crippen molar-refractivity contribution in [2.24, 2.45) is 0 Å². The molecule has 1 heterocycles. The largest absolute Gasteiger partial charge is 0.399 e. The van der Waals surface area contributed by atoms with E-state index in [-0.39, 0.29) is 11.5 Å². The quantitative estimate of drug-likeness (QED) is 0.483. The number of nitro benzene ring substituents is 1. The minimum Gasteiger partial charge on any atom is -0.399 e. The monoisotopic (exact) mass is 284 g/mol. The Labute approximate surface area is 107 Å². The fraction of sp³-hybridized carbons (Fsp3) is 0. The molecule has 2 aromatic rings. The summed E-state index contributed by atoms with van der Waals surface area (Å²) in [5.74, 6) is -0.0777. The molecule has 0 aliphatic carbocycles. The molecule has 0 unspecified atom stereocenters. The van der Waals surface area contributed by atoms with Crippen LogP contribution in [0.3, 0.4) is 0 Å². The molecule has 10 heteroatoms. The molecule has 0 saturated carbocycles. The summed E-state index contributed by atoms with van der Waals surface area (Å²) in [6.45, 7) is 0. The van der Waals surface area contributed by atoms with Crippen molar-refractivity contribution in [2.75, 3.05) is 10.5 Å². The highest BCUT2D eigenvalue weighted by Crippen LogP contribution is 2.27. The molecule has 19 heavy (non-hydrogen) atoms. The number of nitrogen functional groups attached to an aromatic ring is 1. The third kappa shape index (κ3) is 2.63. The molecule has 0 bridgehead atoms. The molecule has 1 aromatic heterocycles. The lowest BCUT2D eigenvalue weighted by molar-refractivity contribution is -0.387. The van der Waals surface area contributed by atoms with Crippen molar-refractivity contribution in [3.8, 4) is 0 Å². The van der Waals surface area contributed by atoms with Gasteiger partial charge in [0.2, 0.25) is 0 Å². The molecule has 0 spiro atoms. The van der Waals surface area contributed by atoms with Crippen LogP contribution in [0.5, 0.6) is 0 Å². The van der Waals surface area contributed by atoms with Crippen LogP contribution in [-0.2, 0) is 10.0 Å². The first-order valence-corrected chi connectivity index (χ1v) is 6.35. The van der Waals surface area contributed by atoms with E-state index in [9.17, 15) is 18.5 Å². The first-order chi connectivity index (χ1) is 8.90. The molecule has 100 valence electrons. The van der Waals surface area contributed by atoms with Gasteiger partial charge in [-0.15, -0.1) is 0 Å². The summed E-state index contributed by atoms with van der Waals surface area (Å²) >= 11 is 0. The summed E-state index contributed by atoms with van der Waals surface area (Å²) in [6.07, 6.45) is 1.16. The molecule has 0 fully saturated rings. The van der Waals surface area contributed by atoms with Crippen LogP contribution in [0.4, 0.5) is 17.2 Å². The summed E-state index contributed by atoms with van der Waals surface area (Å²) < 4.78 is 30.5. The minimum atomic E-state index is -4.15. The number of hydrogen-bond acceptors (Lipinski definition) is 7. The van der Waals surface area contributed by atoms with Gasteiger partial charge in [0.05, 0.1) is 4.92 Å².